The summed E-state index contributed by atoms with van der Waals surface area (Å²) in [5, 5.41) is 24.0. The fourth-order valence-corrected chi connectivity index (χ4v) is 13.4. The number of fused-ring (bicyclic) bond motifs is 1. The lowest BCUT2D eigenvalue weighted by atomic mass is 9.63. The molecule has 3 fully saturated rings. The molecular weight excluding hydrogens is 709 g/mol. The molecule has 6 atom stereocenters. The second kappa shape index (κ2) is 17.4. The third kappa shape index (κ3) is 8.16. The van der Waals surface area contributed by atoms with Gasteiger partial charge in [-0.1, -0.05) is 115 Å². The first kappa shape index (κ1) is 40.4. The van der Waals surface area contributed by atoms with Gasteiger partial charge >= 0.3 is 0 Å². The van der Waals surface area contributed by atoms with Crippen LogP contribution < -0.4 is 0 Å². The van der Waals surface area contributed by atoms with Crippen LogP contribution in [0.1, 0.15) is 133 Å². The number of unbranched alkanes of at least 4 members (excludes halogenated alkanes) is 1. The van der Waals surface area contributed by atoms with Gasteiger partial charge in [-0.25, -0.2) is 0 Å². The van der Waals surface area contributed by atoms with E-state index in [2.05, 4.69) is 114 Å². The maximum atomic E-state index is 12.0. The lowest BCUT2D eigenvalue weighted by molar-refractivity contribution is 0.200. The van der Waals surface area contributed by atoms with Crippen LogP contribution in [-0.4, -0.2) is 21.7 Å². The molecule has 3 aliphatic rings. The Bertz CT molecular complexity index is 1950. The number of benzene rings is 4. The zero-order valence-corrected chi connectivity index (χ0v) is 36.2. The number of thioether (sulfide) groups is 2. The van der Waals surface area contributed by atoms with Crippen molar-refractivity contribution in [2.45, 2.75) is 146 Å². The number of aryl methyl sites for hydroxylation is 2. The first-order chi connectivity index (χ1) is 26.6. The zero-order chi connectivity index (χ0) is 38.7. The predicted octanol–water partition coefficient (Wildman–Crippen LogP) is 15.1. The number of hydrogen-bond donors (Lipinski definition) is 2. The SMILES string of the molecule is CCCC1CCCC(CC)(c2cc(C)cc(-c3ccccc3SCCCCSc3ccccc3-c3cc(C)cc(C45CC(CCC)[C@H](C)[C@H]4C5)c3O)c2O)C1. The van der Waals surface area contributed by atoms with Crippen molar-refractivity contribution in [3.63, 3.8) is 0 Å². The van der Waals surface area contributed by atoms with Crippen LogP contribution in [0, 0.1) is 37.5 Å². The van der Waals surface area contributed by atoms with Crippen molar-refractivity contribution in [2.75, 3.05) is 11.5 Å². The maximum absolute atomic E-state index is 12.0. The molecule has 3 aliphatic carbocycles. The molecule has 4 unspecified atom stereocenters. The van der Waals surface area contributed by atoms with Crippen LogP contribution in [0.2, 0.25) is 0 Å². The fourth-order valence-electron chi connectivity index (χ4n) is 11.2. The predicted molar refractivity (Wildman–Crippen MR) is 238 cm³/mol. The molecule has 0 saturated heterocycles. The molecule has 294 valence electrons. The van der Waals surface area contributed by atoms with Crippen LogP contribution in [0.3, 0.4) is 0 Å². The smallest absolute Gasteiger partial charge is 0.127 e. The van der Waals surface area contributed by atoms with Gasteiger partial charge in [0, 0.05) is 37.5 Å². The van der Waals surface area contributed by atoms with Crippen LogP contribution in [0.25, 0.3) is 22.3 Å². The van der Waals surface area contributed by atoms with Gasteiger partial charge in [0.05, 0.1) is 0 Å². The van der Waals surface area contributed by atoms with Crippen LogP contribution in [-0.2, 0) is 10.8 Å². The van der Waals surface area contributed by atoms with Gasteiger partial charge in [0.25, 0.3) is 0 Å². The van der Waals surface area contributed by atoms with E-state index in [1.165, 1.54) is 102 Å². The summed E-state index contributed by atoms with van der Waals surface area (Å²) in [7, 11) is 0. The number of phenols is 2. The molecular formula is C51H66O2S2. The average Bonchev–Trinajstić information content (AvgIpc) is 3.85. The summed E-state index contributed by atoms with van der Waals surface area (Å²) in [6, 6.07) is 26.4. The standard InChI is InChI=1S/C51H66O2S2/c1-7-17-37-19-16-24-50(9-3,31-37)43-29-34(4)27-41(48(43)52)39-20-10-12-22-46(39)54-25-14-15-26-55-47-23-13-11-21-40(47)42-28-35(5)30-44(49(42)53)51-32-38(18-8-2)36(6)45(51)33-51/h10-13,20-23,27-30,36-38,45,52-53H,7-9,14-19,24-26,31-33H2,1-6H3/t36-,37?,38?,45+,50?,51?/m0/s1. The highest BCUT2D eigenvalue weighted by molar-refractivity contribution is 7.99. The molecule has 4 aromatic carbocycles. The molecule has 0 heterocycles. The van der Waals surface area contributed by atoms with Crippen LogP contribution in [0.15, 0.2) is 82.6 Å². The molecule has 2 nitrogen and oxygen atoms in total. The third-order valence-electron chi connectivity index (χ3n) is 14.1. The molecule has 0 aromatic heterocycles. The third-order valence-corrected chi connectivity index (χ3v) is 16.5. The molecule has 0 aliphatic heterocycles. The lowest BCUT2D eigenvalue weighted by Crippen LogP contribution is -2.32. The Morgan fingerprint density at radius 3 is 1.82 bits per heavy atom. The Labute approximate surface area is 341 Å². The monoisotopic (exact) mass is 774 g/mol. The molecule has 3 saturated carbocycles. The normalized spacial score (nSPS) is 25.9. The van der Waals surface area contributed by atoms with Crippen molar-refractivity contribution in [2.24, 2.45) is 23.7 Å². The number of aromatic hydroxyl groups is 2. The van der Waals surface area contributed by atoms with Crippen LogP contribution in [0.5, 0.6) is 11.5 Å². The highest BCUT2D eigenvalue weighted by atomic mass is 32.2. The second-order valence-electron chi connectivity index (χ2n) is 17.8. The van der Waals surface area contributed by atoms with Crippen molar-refractivity contribution in [3.05, 3.63) is 95.1 Å². The van der Waals surface area contributed by atoms with Crippen LogP contribution in [0.4, 0.5) is 0 Å². The van der Waals surface area contributed by atoms with E-state index in [-0.39, 0.29) is 10.8 Å². The summed E-state index contributed by atoms with van der Waals surface area (Å²) in [4.78, 5) is 2.52. The number of phenolic OH excluding ortho intramolecular Hbond substituents is 2. The highest BCUT2D eigenvalue weighted by Crippen LogP contribution is 2.71. The fraction of sp³-hybridized carbons (Fsp3) is 0.529. The van der Waals surface area contributed by atoms with Crippen molar-refractivity contribution in [3.8, 4) is 33.8 Å². The topological polar surface area (TPSA) is 40.5 Å². The summed E-state index contributed by atoms with van der Waals surface area (Å²) in [6.45, 7) is 13.8. The Morgan fingerprint density at radius 1 is 0.673 bits per heavy atom. The van der Waals surface area contributed by atoms with E-state index in [1.54, 1.807) is 0 Å². The maximum Gasteiger partial charge on any atom is 0.127 e. The van der Waals surface area contributed by atoms with E-state index in [0.717, 1.165) is 65.2 Å². The Kier molecular flexibility index (Phi) is 12.7. The average molecular weight is 775 g/mol. The minimum Gasteiger partial charge on any atom is -0.507 e. The largest absolute Gasteiger partial charge is 0.507 e. The molecule has 55 heavy (non-hydrogen) atoms. The van der Waals surface area contributed by atoms with Gasteiger partial charge in [0.1, 0.15) is 11.5 Å². The Balaban J connectivity index is 1.01. The van der Waals surface area contributed by atoms with E-state index in [9.17, 15) is 10.2 Å². The molecule has 0 amide bonds. The molecule has 0 radical (unpaired) electrons. The second-order valence-corrected chi connectivity index (χ2v) is 20.1. The van der Waals surface area contributed by atoms with Crippen molar-refractivity contribution in [1.82, 2.24) is 0 Å². The molecule has 4 heteroatoms. The molecule has 2 N–H and O–H groups in total. The minimum absolute atomic E-state index is 0.0638. The summed E-state index contributed by atoms with van der Waals surface area (Å²) in [6.07, 6.45) is 15.8. The van der Waals surface area contributed by atoms with E-state index >= 15 is 0 Å². The lowest BCUT2D eigenvalue weighted by Gasteiger charge is -2.42. The van der Waals surface area contributed by atoms with Gasteiger partial charge in [-0.05, 0) is 146 Å². The van der Waals surface area contributed by atoms with E-state index in [1.807, 2.05) is 23.5 Å². The van der Waals surface area contributed by atoms with Crippen molar-refractivity contribution in [1.29, 1.82) is 0 Å². The molecule has 4 aromatic rings. The minimum atomic E-state index is 0.0638. The van der Waals surface area contributed by atoms with Gasteiger partial charge in [0.15, 0.2) is 0 Å². The summed E-state index contributed by atoms with van der Waals surface area (Å²) < 4.78 is 0. The summed E-state index contributed by atoms with van der Waals surface area (Å²) in [5.41, 5.74) is 9.46. The Morgan fingerprint density at radius 2 is 1.24 bits per heavy atom. The first-order valence-corrected chi connectivity index (χ1v) is 23.7. The number of hydrogen-bond acceptors (Lipinski definition) is 4. The molecule has 0 bridgehead atoms. The highest BCUT2D eigenvalue weighted by Gasteiger charge is 2.65. The van der Waals surface area contributed by atoms with Crippen molar-refractivity contribution >= 4 is 23.5 Å². The van der Waals surface area contributed by atoms with Gasteiger partial charge < -0.3 is 10.2 Å². The van der Waals surface area contributed by atoms with Gasteiger partial charge in [-0.3, -0.25) is 0 Å². The van der Waals surface area contributed by atoms with E-state index in [0.29, 0.717) is 17.4 Å². The first-order valence-electron chi connectivity index (χ1n) is 21.8. The van der Waals surface area contributed by atoms with Gasteiger partial charge in [0.2, 0.25) is 0 Å². The van der Waals surface area contributed by atoms with Gasteiger partial charge in [-0.15, -0.1) is 23.5 Å². The molecule has 7 rings (SSSR count). The van der Waals surface area contributed by atoms with Gasteiger partial charge in [-0.2, -0.15) is 0 Å². The molecule has 0 spiro atoms. The summed E-state index contributed by atoms with van der Waals surface area (Å²) >= 11 is 3.85. The quantitative estimate of drug-likeness (QED) is 0.0879. The Hall–Kier alpha value is -2.82. The van der Waals surface area contributed by atoms with E-state index in [4.69, 9.17) is 0 Å². The van der Waals surface area contributed by atoms with Crippen LogP contribution >= 0.6 is 23.5 Å². The summed E-state index contributed by atoms with van der Waals surface area (Å²) in [5.74, 6) is 6.12. The van der Waals surface area contributed by atoms with Crippen molar-refractivity contribution < 1.29 is 10.2 Å². The van der Waals surface area contributed by atoms with E-state index < -0.39 is 0 Å². The zero-order valence-electron chi connectivity index (χ0n) is 34.6. The number of rotatable bonds is 16.